The summed E-state index contributed by atoms with van der Waals surface area (Å²) in [6.45, 7) is 7.93. The normalized spacial score (nSPS) is 21.6. The molecule has 2 unspecified atom stereocenters. The Kier molecular flexibility index (Phi) is 8.79. The van der Waals surface area contributed by atoms with Gasteiger partial charge in [-0.2, -0.15) is 0 Å². The van der Waals surface area contributed by atoms with E-state index in [2.05, 4.69) is 26.1 Å². The first-order valence-corrected chi connectivity index (χ1v) is 9.00. The molecule has 0 aromatic carbocycles. The number of rotatable bonds is 10. The third kappa shape index (κ3) is 5.04. The van der Waals surface area contributed by atoms with Gasteiger partial charge in [-0.05, 0) is 31.7 Å². The molecule has 20 heavy (non-hydrogen) atoms. The summed E-state index contributed by atoms with van der Waals surface area (Å²) in [5.41, 5.74) is 0.105. The molecule has 0 saturated heterocycles. The van der Waals surface area contributed by atoms with Crippen molar-refractivity contribution in [3.63, 3.8) is 0 Å². The maximum atomic E-state index is 6.08. The zero-order chi connectivity index (χ0) is 14.8. The van der Waals surface area contributed by atoms with E-state index in [-0.39, 0.29) is 5.60 Å². The summed E-state index contributed by atoms with van der Waals surface area (Å²) in [5, 5.41) is 3.76. The Bertz CT molecular complexity index is 236. The average molecular weight is 284 g/mol. The lowest BCUT2D eigenvalue weighted by molar-refractivity contribution is -0.0725. The largest absolute Gasteiger partial charge is 0.377 e. The Balaban J connectivity index is 2.69. The second-order valence-corrected chi connectivity index (χ2v) is 6.59. The van der Waals surface area contributed by atoms with Gasteiger partial charge in [-0.3, -0.25) is 0 Å². The molecule has 0 amide bonds. The van der Waals surface area contributed by atoms with Crippen LogP contribution in [0, 0.1) is 5.92 Å². The SMILES string of the molecule is CCCCC(CC)CC(NCC)C1(OC)CCCCC1. The molecule has 1 saturated carbocycles. The molecule has 1 aliphatic carbocycles. The topological polar surface area (TPSA) is 21.3 Å². The van der Waals surface area contributed by atoms with Crippen molar-refractivity contribution in [2.75, 3.05) is 13.7 Å². The second-order valence-electron chi connectivity index (χ2n) is 6.59. The van der Waals surface area contributed by atoms with E-state index in [9.17, 15) is 0 Å². The minimum absolute atomic E-state index is 0.105. The van der Waals surface area contributed by atoms with Crippen molar-refractivity contribution in [3.8, 4) is 0 Å². The van der Waals surface area contributed by atoms with Gasteiger partial charge in [-0.15, -0.1) is 0 Å². The predicted molar refractivity (Wildman–Crippen MR) is 88.2 cm³/mol. The van der Waals surface area contributed by atoms with E-state index >= 15 is 0 Å². The molecular formula is C18H37NO. The monoisotopic (exact) mass is 283 g/mol. The first kappa shape index (κ1) is 18.0. The number of hydrogen-bond acceptors (Lipinski definition) is 2. The van der Waals surface area contributed by atoms with Crippen LogP contribution in [-0.4, -0.2) is 25.3 Å². The van der Waals surface area contributed by atoms with Gasteiger partial charge in [0.05, 0.1) is 5.60 Å². The maximum absolute atomic E-state index is 6.08. The molecule has 2 nitrogen and oxygen atoms in total. The molecule has 1 rings (SSSR count). The van der Waals surface area contributed by atoms with E-state index in [1.165, 1.54) is 64.2 Å². The number of methoxy groups -OCH3 is 1. The molecule has 2 atom stereocenters. The van der Waals surface area contributed by atoms with Crippen LogP contribution in [0.25, 0.3) is 0 Å². The second kappa shape index (κ2) is 9.78. The molecular weight excluding hydrogens is 246 g/mol. The summed E-state index contributed by atoms with van der Waals surface area (Å²) in [7, 11) is 1.93. The maximum Gasteiger partial charge on any atom is 0.0831 e. The Labute approximate surface area is 127 Å². The van der Waals surface area contributed by atoms with Crippen LogP contribution in [0.5, 0.6) is 0 Å². The van der Waals surface area contributed by atoms with E-state index in [4.69, 9.17) is 4.74 Å². The van der Waals surface area contributed by atoms with Crippen molar-refractivity contribution in [1.82, 2.24) is 5.32 Å². The first-order chi connectivity index (χ1) is 9.72. The molecule has 1 fully saturated rings. The Morgan fingerprint density at radius 2 is 1.80 bits per heavy atom. The third-order valence-corrected chi connectivity index (χ3v) is 5.30. The summed E-state index contributed by atoms with van der Waals surface area (Å²) in [6, 6.07) is 0.541. The van der Waals surface area contributed by atoms with Crippen LogP contribution in [0.4, 0.5) is 0 Å². The van der Waals surface area contributed by atoms with E-state index in [0.29, 0.717) is 6.04 Å². The van der Waals surface area contributed by atoms with Gasteiger partial charge >= 0.3 is 0 Å². The van der Waals surface area contributed by atoms with Gasteiger partial charge in [-0.25, -0.2) is 0 Å². The lowest BCUT2D eigenvalue weighted by Crippen LogP contribution is -2.54. The lowest BCUT2D eigenvalue weighted by atomic mass is 9.75. The smallest absolute Gasteiger partial charge is 0.0831 e. The van der Waals surface area contributed by atoms with E-state index in [1.807, 2.05) is 7.11 Å². The zero-order valence-electron chi connectivity index (χ0n) is 14.3. The first-order valence-electron chi connectivity index (χ1n) is 9.00. The highest BCUT2D eigenvalue weighted by Gasteiger charge is 2.40. The van der Waals surface area contributed by atoms with Crippen LogP contribution in [-0.2, 0) is 4.74 Å². The summed E-state index contributed by atoms with van der Waals surface area (Å²) >= 11 is 0. The van der Waals surface area contributed by atoms with Gasteiger partial charge in [0.1, 0.15) is 0 Å². The van der Waals surface area contributed by atoms with Gasteiger partial charge in [0.25, 0.3) is 0 Å². The molecule has 0 bridgehead atoms. The number of nitrogens with one attached hydrogen (secondary N) is 1. The highest BCUT2D eigenvalue weighted by atomic mass is 16.5. The van der Waals surface area contributed by atoms with Gasteiger partial charge < -0.3 is 10.1 Å². The Hall–Kier alpha value is -0.0800. The van der Waals surface area contributed by atoms with Crippen molar-refractivity contribution in [1.29, 1.82) is 0 Å². The van der Waals surface area contributed by atoms with Crippen LogP contribution in [0.3, 0.4) is 0 Å². The molecule has 0 aliphatic heterocycles. The third-order valence-electron chi connectivity index (χ3n) is 5.30. The quantitative estimate of drug-likeness (QED) is 0.614. The fraction of sp³-hybridized carbons (Fsp3) is 1.00. The van der Waals surface area contributed by atoms with Crippen LogP contribution in [0.15, 0.2) is 0 Å². The van der Waals surface area contributed by atoms with Crippen LogP contribution in [0.1, 0.15) is 85.0 Å². The van der Waals surface area contributed by atoms with Crippen LogP contribution < -0.4 is 5.32 Å². The van der Waals surface area contributed by atoms with Gasteiger partial charge in [0, 0.05) is 13.2 Å². The highest BCUT2D eigenvalue weighted by molar-refractivity contribution is 4.96. The minimum Gasteiger partial charge on any atom is -0.377 e. The molecule has 0 radical (unpaired) electrons. The average Bonchev–Trinajstić information content (AvgIpc) is 2.51. The minimum atomic E-state index is 0.105. The summed E-state index contributed by atoms with van der Waals surface area (Å²) in [6.07, 6.45) is 13.2. The number of ether oxygens (including phenoxy) is 1. The Morgan fingerprint density at radius 3 is 2.30 bits per heavy atom. The van der Waals surface area contributed by atoms with Crippen LogP contribution >= 0.6 is 0 Å². The number of likely N-dealkylation sites (N-methyl/N-ethyl adjacent to an activating group) is 1. The van der Waals surface area contributed by atoms with Crippen molar-refractivity contribution in [2.24, 2.45) is 5.92 Å². The van der Waals surface area contributed by atoms with Crippen molar-refractivity contribution in [2.45, 2.75) is 96.6 Å². The molecule has 0 heterocycles. The molecule has 0 aromatic heterocycles. The fourth-order valence-electron chi connectivity index (χ4n) is 3.89. The molecule has 0 aromatic rings. The van der Waals surface area contributed by atoms with Crippen molar-refractivity contribution >= 4 is 0 Å². The number of hydrogen-bond donors (Lipinski definition) is 1. The molecule has 120 valence electrons. The molecule has 2 heteroatoms. The fourth-order valence-corrected chi connectivity index (χ4v) is 3.89. The molecule has 1 aliphatic rings. The summed E-state index contributed by atoms with van der Waals surface area (Å²) in [5.74, 6) is 0.855. The standard InChI is InChI=1S/C18H37NO/c1-5-8-12-16(6-2)15-17(19-7-3)18(20-4)13-10-9-11-14-18/h16-17,19H,5-15H2,1-4H3. The van der Waals surface area contributed by atoms with E-state index in [1.54, 1.807) is 0 Å². The predicted octanol–water partition coefficient (Wildman–Crippen LogP) is 4.92. The highest BCUT2D eigenvalue weighted by Crippen LogP contribution is 2.37. The van der Waals surface area contributed by atoms with Gasteiger partial charge in [0.15, 0.2) is 0 Å². The molecule has 0 spiro atoms. The van der Waals surface area contributed by atoms with Gasteiger partial charge in [0.2, 0.25) is 0 Å². The summed E-state index contributed by atoms with van der Waals surface area (Å²) in [4.78, 5) is 0. The number of unbranched alkanes of at least 4 members (excludes halogenated alkanes) is 1. The van der Waals surface area contributed by atoms with Crippen molar-refractivity contribution in [3.05, 3.63) is 0 Å². The molecule has 1 N–H and O–H groups in total. The van der Waals surface area contributed by atoms with Crippen molar-refractivity contribution < 1.29 is 4.74 Å². The lowest BCUT2D eigenvalue weighted by Gasteiger charge is -2.44. The Morgan fingerprint density at radius 1 is 1.10 bits per heavy atom. The van der Waals surface area contributed by atoms with Gasteiger partial charge in [-0.1, -0.05) is 65.7 Å². The summed E-state index contributed by atoms with van der Waals surface area (Å²) < 4.78 is 6.08. The van der Waals surface area contributed by atoms with E-state index < -0.39 is 0 Å². The van der Waals surface area contributed by atoms with E-state index in [0.717, 1.165) is 12.5 Å². The van der Waals surface area contributed by atoms with Crippen LogP contribution in [0.2, 0.25) is 0 Å². The zero-order valence-corrected chi connectivity index (χ0v) is 14.3.